The molecule has 0 spiro atoms. The molecule has 0 saturated carbocycles. The summed E-state index contributed by atoms with van der Waals surface area (Å²) in [6.45, 7) is 5.07. The number of rotatable bonds is 30. The van der Waals surface area contributed by atoms with Gasteiger partial charge in [-0.25, -0.2) is 0 Å². The summed E-state index contributed by atoms with van der Waals surface area (Å²) in [6.07, 6.45) is 46.3. The molecule has 222 valence electrons. The normalized spacial score (nSPS) is 11.9. The lowest BCUT2D eigenvalue weighted by atomic mass is 10.0. The SMILES string of the molecule is CC/C=C\C/C=C\C/C=C\CCCCCCCC(=O)OCCCCCCCCCCCCCCCCCC. The van der Waals surface area contributed by atoms with E-state index in [2.05, 4.69) is 50.3 Å². The molecule has 38 heavy (non-hydrogen) atoms. The molecule has 0 fully saturated rings. The number of carbonyl (C=O) groups excluding carboxylic acids is 1. The molecule has 0 aliphatic rings. The largest absolute Gasteiger partial charge is 0.466 e. The number of esters is 1. The minimum Gasteiger partial charge on any atom is -0.466 e. The lowest BCUT2D eigenvalue weighted by molar-refractivity contribution is -0.143. The van der Waals surface area contributed by atoms with Crippen molar-refractivity contribution in [3.63, 3.8) is 0 Å². The average molecular weight is 531 g/mol. The van der Waals surface area contributed by atoms with Crippen molar-refractivity contribution in [2.24, 2.45) is 0 Å². The van der Waals surface area contributed by atoms with Crippen LogP contribution in [0.25, 0.3) is 0 Å². The number of hydrogen-bond donors (Lipinski definition) is 0. The van der Waals surface area contributed by atoms with Gasteiger partial charge in [-0.05, 0) is 44.9 Å². The highest BCUT2D eigenvalue weighted by molar-refractivity contribution is 5.69. The van der Waals surface area contributed by atoms with Gasteiger partial charge in [0.2, 0.25) is 0 Å². The van der Waals surface area contributed by atoms with Crippen molar-refractivity contribution in [2.75, 3.05) is 6.61 Å². The van der Waals surface area contributed by atoms with Crippen LogP contribution in [0.3, 0.4) is 0 Å². The Kier molecular flexibility index (Phi) is 32.6. The molecule has 0 amide bonds. The summed E-state index contributed by atoms with van der Waals surface area (Å²) in [5.41, 5.74) is 0. The van der Waals surface area contributed by atoms with E-state index in [1.54, 1.807) is 0 Å². The summed E-state index contributed by atoms with van der Waals surface area (Å²) < 4.78 is 5.42. The highest BCUT2D eigenvalue weighted by Gasteiger charge is 2.02. The second-order valence-corrected chi connectivity index (χ2v) is 11.1. The first-order chi connectivity index (χ1) is 18.8. The molecule has 0 bridgehead atoms. The maximum Gasteiger partial charge on any atom is 0.305 e. The van der Waals surface area contributed by atoms with Gasteiger partial charge in [-0.3, -0.25) is 4.79 Å². The standard InChI is InChI=1S/C36H66O2/c1-3-5-7-9-11-13-15-17-19-21-23-25-27-29-31-33-35-38-36(37)34-32-30-28-26-24-22-20-18-16-14-12-10-8-6-4-2/h6,8,12,14,18,20H,3-5,7,9-11,13,15-17,19,21-35H2,1-2H3/b8-6-,14-12-,20-18-. The molecule has 0 saturated heterocycles. The van der Waals surface area contributed by atoms with Gasteiger partial charge in [0.15, 0.2) is 0 Å². The predicted molar refractivity (Wildman–Crippen MR) is 170 cm³/mol. The lowest BCUT2D eigenvalue weighted by Crippen LogP contribution is -2.05. The van der Waals surface area contributed by atoms with Crippen molar-refractivity contribution in [1.29, 1.82) is 0 Å². The second-order valence-electron chi connectivity index (χ2n) is 11.1. The van der Waals surface area contributed by atoms with Crippen LogP contribution in [0.4, 0.5) is 0 Å². The van der Waals surface area contributed by atoms with Crippen LogP contribution < -0.4 is 0 Å². The van der Waals surface area contributed by atoms with E-state index >= 15 is 0 Å². The second kappa shape index (κ2) is 33.7. The Bertz CT molecular complexity index is 546. The fourth-order valence-electron chi connectivity index (χ4n) is 4.80. The van der Waals surface area contributed by atoms with Gasteiger partial charge in [-0.2, -0.15) is 0 Å². The molecule has 0 radical (unpaired) electrons. The first kappa shape index (κ1) is 36.7. The summed E-state index contributed by atoms with van der Waals surface area (Å²) in [5, 5.41) is 0. The Morgan fingerprint density at radius 3 is 1.42 bits per heavy atom. The molecule has 2 nitrogen and oxygen atoms in total. The zero-order valence-electron chi connectivity index (χ0n) is 25.9. The third-order valence-corrected chi connectivity index (χ3v) is 7.29. The van der Waals surface area contributed by atoms with Crippen molar-refractivity contribution in [1.82, 2.24) is 0 Å². The van der Waals surface area contributed by atoms with E-state index in [1.807, 2.05) is 0 Å². The molecule has 0 aromatic heterocycles. The fraction of sp³-hybridized carbons (Fsp3) is 0.806. The molecule has 2 heteroatoms. The smallest absolute Gasteiger partial charge is 0.305 e. The number of carbonyl (C=O) groups is 1. The molecule has 0 aliphatic heterocycles. The van der Waals surface area contributed by atoms with E-state index in [0.717, 1.165) is 38.5 Å². The quantitative estimate of drug-likeness (QED) is 0.0524. The Morgan fingerprint density at radius 1 is 0.474 bits per heavy atom. The molecule has 0 heterocycles. The van der Waals surface area contributed by atoms with Gasteiger partial charge in [0, 0.05) is 6.42 Å². The number of unbranched alkanes of at least 4 members (excludes halogenated alkanes) is 20. The predicted octanol–water partition coefficient (Wildman–Crippen LogP) is 12.4. The fourth-order valence-corrected chi connectivity index (χ4v) is 4.80. The van der Waals surface area contributed by atoms with E-state index in [9.17, 15) is 4.79 Å². The third kappa shape index (κ3) is 32.7. The minimum atomic E-state index is 0.00660. The zero-order chi connectivity index (χ0) is 27.6. The van der Waals surface area contributed by atoms with Gasteiger partial charge in [0.1, 0.15) is 0 Å². The van der Waals surface area contributed by atoms with Crippen LogP contribution in [-0.4, -0.2) is 12.6 Å². The van der Waals surface area contributed by atoms with Crippen LogP contribution in [0.2, 0.25) is 0 Å². The molecule has 0 N–H and O–H groups in total. The van der Waals surface area contributed by atoms with Crippen LogP contribution in [-0.2, 0) is 9.53 Å². The lowest BCUT2D eigenvalue weighted by Gasteiger charge is -2.05. The van der Waals surface area contributed by atoms with Crippen LogP contribution >= 0.6 is 0 Å². The average Bonchev–Trinajstić information content (AvgIpc) is 2.92. The summed E-state index contributed by atoms with van der Waals surface area (Å²) in [4.78, 5) is 11.9. The number of allylic oxidation sites excluding steroid dienone is 6. The van der Waals surface area contributed by atoms with E-state index in [-0.39, 0.29) is 5.97 Å². The monoisotopic (exact) mass is 531 g/mol. The van der Waals surface area contributed by atoms with Crippen LogP contribution in [0.15, 0.2) is 36.5 Å². The van der Waals surface area contributed by atoms with E-state index in [0.29, 0.717) is 13.0 Å². The first-order valence-electron chi connectivity index (χ1n) is 16.9. The topological polar surface area (TPSA) is 26.3 Å². The van der Waals surface area contributed by atoms with Crippen molar-refractivity contribution < 1.29 is 9.53 Å². The van der Waals surface area contributed by atoms with Gasteiger partial charge in [0.05, 0.1) is 6.61 Å². The van der Waals surface area contributed by atoms with Crippen molar-refractivity contribution in [2.45, 2.75) is 181 Å². The number of ether oxygens (including phenoxy) is 1. The highest BCUT2D eigenvalue weighted by atomic mass is 16.5. The van der Waals surface area contributed by atoms with E-state index in [1.165, 1.54) is 122 Å². The van der Waals surface area contributed by atoms with Crippen LogP contribution in [0, 0.1) is 0 Å². The molecule has 0 unspecified atom stereocenters. The Labute approximate surface area is 239 Å². The summed E-state index contributed by atoms with van der Waals surface area (Å²) in [6, 6.07) is 0. The van der Waals surface area contributed by atoms with Gasteiger partial charge in [-0.1, -0.05) is 166 Å². The molecule has 0 aromatic rings. The first-order valence-corrected chi connectivity index (χ1v) is 16.9. The Morgan fingerprint density at radius 2 is 0.895 bits per heavy atom. The highest BCUT2D eigenvalue weighted by Crippen LogP contribution is 2.14. The van der Waals surface area contributed by atoms with Crippen molar-refractivity contribution in [3.05, 3.63) is 36.5 Å². The molecule has 0 aliphatic carbocycles. The minimum absolute atomic E-state index is 0.00660. The zero-order valence-corrected chi connectivity index (χ0v) is 25.9. The third-order valence-electron chi connectivity index (χ3n) is 7.29. The van der Waals surface area contributed by atoms with Gasteiger partial charge in [0.25, 0.3) is 0 Å². The summed E-state index contributed by atoms with van der Waals surface area (Å²) in [5.74, 6) is 0.00660. The molecule has 0 aromatic carbocycles. The molecular formula is C36H66O2. The van der Waals surface area contributed by atoms with Crippen molar-refractivity contribution in [3.8, 4) is 0 Å². The van der Waals surface area contributed by atoms with Gasteiger partial charge >= 0.3 is 5.97 Å². The van der Waals surface area contributed by atoms with Gasteiger partial charge < -0.3 is 4.74 Å². The van der Waals surface area contributed by atoms with Crippen LogP contribution in [0.1, 0.15) is 181 Å². The van der Waals surface area contributed by atoms with Crippen molar-refractivity contribution >= 4 is 5.97 Å². The number of hydrogen-bond acceptors (Lipinski definition) is 2. The Balaban J connectivity index is 3.23. The molecule has 0 atom stereocenters. The maximum absolute atomic E-state index is 11.9. The Hall–Kier alpha value is -1.31. The van der Waals surface area contributed by atoms with E-state index in [4.69, 9.17) is 4.74 Å². The molecular weight excluding hydrogens is 464 g/mol. The summed E-state index contributed by atoms with van der Waals surface area (Å²) in [7, 11) is 0. The summed E-state index contributed by atoms with van der Waals surface area (Å²) >= 11 is 0. The van der Waals surface area contributed by atoms with Crippen LogP contribution in [0.5, 0.6) is 0 Å². The maximum atomic E-state index is 11.9. The van der Waals surface area contributed by atoms with E-state index < -0.39 is 0 Å². The molecule has 0 rings (SSSR count). The van der Waals surface area contributed by atoms with Gasteiger partial charge in [-0.15, -0.1) is 0 Å².